The van der Waals surface area contributed by atoms with Gasteiger partial charge in [0.05, 0.1) is 0 Å². The molecule has 0 aliphatic carbocycles. The van der Waals surface area contributed by atoms with Crippen LogP contribution in [0.1, 0.15) is 6.92 Å². The minimum Gasteiger partial charge on any atom is -0.240 e. The molecule has 0 amide bonds. The fourth-order valence-corrected chi connectivity index (χ4v) is 0.746. The maximum Gasteiger partial charge on any atom is 0.139 e. The molecule has 0 saturated heterocycles. The van der Waals surface area contributed by atoms with Gasteiger partial charge in [-0.25, -0.2) is 4.99 Å². The summed E-state index contributed by atoms with van der Waals surface area (Å²) in [7, 11) is 0. The average molecular weight is 194 g/mol. The molecular weight excluding hydrogens is 186 g/mol. The summed E-state index contributed by atoms with van der Waals surface area (Å²) >= 11 is 4.79. The van der Waals surface area contributed by atoms with Crippen LogP contribution >= 0.6 is 27.7 Å². The molecule has 0 spiro atoms. The van der Waals surface area contributed by atoms with Gasteiger partial charge in [0, 0.05) is 5.70 Å². The maximum atomic E-state index is 4.00. The molecule has 3 heteroatoms. The monoisotopic (exact) mass is 193 g/mol. The highest BCUT2D eigenvalue weighted by Crippen LogP contribution is 2.07. The summed E-state index contributed by atoms with van der Waals surface area (Å²) in [6.07, 6.45) is 1.95. The molecule has 0 aromatic rings. The second kappa shape index (κ2) is 4.15. The van der Waals surface area contributed by atoms with Crippen molar-refractivity contribution in [2.24, 2.45) is 4.99 Å². The van der Waals surface area contributed by atoms with Crippen molar-refractivity contribution in [3.05, 3.63) is 12.3 Å². The highest BCUT2D eigenvalue weighted by atomic mass is 79.9. The zero-order valence-electron chi connectivity index (χ0n) is 4.94. The fraction of sp³-hybridized carbons (Fsp3) is 0.400. The van der Waals surface area contributed by atoms with Crippen LogP contribution in [-0.4, -0.2) is 10.2 Å². The van der Waals surface area contributed by atoms with E-state index in [1.54, 1.807) is 11.8 Å². The zero-order valence-corrected chi connectivity index (χ0v) is 7.34. The number of aliphatic imine (C=N–C) groups is 1. The van der Waals surface area contributed by atoms with Crippen LogP contribution in [0.4, 0.5) is 0 Å². The maximum absolute atomic E-state index is 4.00. The fourth-order valence-electron chi connectivity index (χ4n) is 0.196. The third kappa shape index (κ3) is 4.40. The molecule has 0 aromatic carbocycles. The van der Waals surface area contributed by atoms with Gasteiger partial charge in [-0.1, -0.05) is 6.58 Å². The number of nitrogens with zero attached hydrogens (tertiary/aromatic N) is 1. The first-order valence-electron chi connectivity index (χ1n) is 2.10. The van der Waals surface area contributed by atoms with Crippen LogP contribution in [0.3, 0.4) is 0 Å². The molecule has 0 rings (SSSR count). The van der Waals surface area contributed by atoms with Gasteiger partial charge in [-0.3, -0.25) is 0 Å². The van der Waals surface area contributed by atoms with Gasteiger partial charge in [0.15, 0.2) is 0 Å². The molecule has 46 valence electrons. The first-order chi connectivity index (χ1) is 3.66. The van der Waals surface area contributed by atoms with Gasteiger partial charge in [-0.15, -0.1) is 11.8 Å². The van der Waals surface area contributed by atoms with Crippen LogP contribution in [0.2, 0.25) is 0 Å². The lowest BCUT2D eigenvalue weighted by Crippen LogP contribution is -1.74. The third-order valence-electron chi connectivity index (χ3n) is 0.447. The van der Waals surface area contributed by atoms with Crippen molar-refractivity contribution in [3.8, 4) is 0 Å². The van der Waals surface area contributed by atoms with Gasteiger partial charge in [-0.2, -0.15) is 0 Å². The SMILES string of the molecule is C=C(C)N=C(Br)SC. The molecule has 8 heavy (non-hydrogen) atoms. The number of thioether (sulfide) groups is 1. The molecule has 0 atom stereocenters. The Hall–Kier alpha value is 0.240. The van der Waals surface area contributed by atoms with Crippen LogP contribution in [0, 0.1) is 0 Å². The highest BCUT2D eigenvalue weighted by molar-refractivity contribution is 9.22. The van der Waals surface area contributed by atoms with Crippen LogP contribution in [-0.2, 0) is 0 Å². The van der Waals surface area contributed by atoms with Gasteiger partial charge < -0.3 is 0 Å². The third-order valence-corrected chi connectivity index (χ3v) is 2.02. The predicted molar refractivity (Wildman–Crippen MR) is 44.7 cm³/mol. The van der Waals surface area contributed by atoms with Gasteiger partial charge in [0.25, 0.3) is 0 Å². The second-order valence-electron chi connectivity index (χ2n) is 1.30. The zero-order chi connectivity index (χ0) is 6.57. The van der Waals surface area contributed by atoms with E-state index in [0.717, 1.165) is 9.65 Å². The molecule has 0 N–H and O–H groups in total. The summed E-state index contributed by atoms with van der Waals surface area (Å²) in [6, 6.07) is 0. The molecular formula is C5H8BrNS. The first-order valence-corrected chi connectivity index (χ1v) is 4.12. The Morgan fingerprint density at radius 2 is 2.25 bits per heavy atom. The van der Waals surface area contributed by atoms with Crippen molar-refractivity contribution in [1.29, 1.82) is 0 Å². The van der Waals surface area contributed by atoms with E-state index in [1.165, 1.54) is 0 Å². The Balaban J connectivity index is 3.75. The van der Waals surface area contributed by atoms with E-state index in [1.807, 2.05) is 13.2 Å². The highest BCUT2D eigenvalue weighted by Gasteiger charge is 1.85. The Morgan fingerprint density at radius 3 is 2.38 bits per heavy atom. The topological polar surface area (TPSA) is 12.4 Å². The predicted octanol–water partition coefficient (Wildman–Crippen LogP) is 2.63. The van der Waals surface area contributed by atoms with Crippen LogP contribution in [0.15, 0.2) is 17.3 Å². The van der Waals surface area contributed by atoms with Crippen LogP contribution < -0.4 is 0 Å². The summed E-state index contributed by atoms with van der Waals surface area (Å²) in [5, 5.41) is 0. The van der Waals surface area contributed by atoms with Gasteiger partial charge in [0.2, 0.25) is 0 Å². The molecule has 0 aromatic heterocycles. The lowest BCUT2D eigenvalue weighted by atomic mass is 10.6. The van der Waals surface area contributed by atoms with E-state index in [4.69, 9.17) is 0 Å². The van der Waals surface area contributed by atoms with E-state index in [-0.39, 0.29) is 0 Å². The van der Waals surface area contributed by atoms with Crippen LogP contribution in [0.25, 0.3) is 0 Å². The molecule has 0 radical (unpaired) electrons. The minimum absolute atomic E-state index is 0.825. The largest absolute Gasteiger partial charge is 0.240 e. The second-order valence-corrected chi connectivity index (χ2v) is 3.38. The lowest BCUT2D eigenvalue weighted by molar-refractivity contribution is 1.35. The molecule has 0 aliphatic heterocycles. The molecule has 1 nitrogen and oxygen atoms in total. The van der Waals surface area contributed by atoms with E-state index >= 15 is 0 Å². The summed E-state index contributed by atoms with van der Waals surface area (Å²) < 4.78 is 0.880. The van der Waals surface area contributed by atoms with Crippen molar-refractivity contribution >= 4 is 31.6 Å². The molecule has 0 unspecified atom stereocenters. The number of hydrogen-bond donors (Lipinski definition) is 0. The number of allylic oxidation sites excluding steroid dienone is 1. The van der Waals surface area contributed by atoms with E-state index in [0.29, 0.717) is 0 Å². The lowest BCUT2D eigenvalue weighted by Gasteiger charge is -1.88. The minimum atomic E-state index is 0.825. The average Bonchev–Trinajstić information content (AvgIpc) is 1.65. The number of halogens is 1. The van der Waals surface area contributed by atoms with Crippen molar-refractivity contribution in [2.75, 3.05) is 6.26 Å². The molecule has 0 saturated carbocycles. The summed E-state index contributed by atoms with van der Waals surface area (Å²) in [5.41, 5.74) is 0.825. The van der Waals surface area contributed by atoms with Gasteiger partial charge in [-0.05, 0) is 29.1 Å². The summed E-state index contributed by atoms with van der Waals surface area (Å²) in [4.78, 5) is 4.00. The Bertz CT molecular complexity index is 120. The quantitative estimate of drug-likeness (QED) is 0.461. The summed E-state index contributed by atoms with van der Waals surface area (Å²) in [6.45, 7) is 5.47. The Kier molecular flexibility index (Phi) is 4.28. The van der Waals surface area contributed by atoms with Crippen molar-refractivity contribution < 1.29 is 0 Å². The number of hydrogen-bond acceptors (Lipinski definition) is 2. The normalized spacial score (nSPS) is 11.6. The van der Waals surface area contributed by atoms with E-state index < -0.39 is 0 Å². The van der Waals surface area contributed by atoms with Crippen LogP contribution in [0.5, 0.6) is 0 Å². The molecule has 0 aliphatic rings. The van der Waals surface area contributed by atoms with E-state index in [2.05, 4.69) is 27.5 Å². The standard InChI is InChI=1S/C5H8BrNS/c1-4(2)7-5(6)8-3/h1H2,2-3H3. The Morgan fingerprint density at radius 1 is 1.75 bits per heavy atom. The summed E-state index contributed by atoms with van der Waals surface area (Å²) in [5.74, 6) is 0. The van der Waals surface area contributed by atoms with Crippen molar-refractivity contribution in [3.63, 3.8) is 0 Å². The number of rotatable bonds is 1. The first kappa shape index (κ1) is 8.24. The Labute approximate surface area is 62.4 Å². The van der Waals surface area contributed by atoms with Crippen molar-refractivity contribution in [2.45, 2.75) is 6.92 Å². The van der Waals surface area contributed by atoms with E-state index in [9.17, 15) is 0 Å². The molecule has 0 fully saturated rings. The molecule has 0 bridgehead atoms. The van der Waals surface area contributed by atoms with Gasteiger partial charge in [0.1, 0.15) is 3.95 Å². The van der Waals surface area contributed by atoms with Crippen molar-refractivity contribution in [1.82, 2.24) is 0 Å². The van der Waals surface area contributed by atoms with Gasteiger partial charge >= 0.3 is 0 Å². The smallest absolute Gasteiger partial charge is 0.139 e. The molecule has 0 heterocycles.